The van der Waals surface area contributed by atoms with E-state index in [0.717, 1.165) is 6.54 Å². The molecule has 0 saturated carbocycles. The first-order chi connectivity index (χ1) is 22.1. The van der Waals surface area contributed by atoms with Crippen LogP contribution in [0.5, 0.6) is 5.75 Å². The number of amides is 3. The second-order valence-electron chi connectivity index (χ2n) is 12.2. The molecule has 10 heteroatoms. The summed E-state index contributed by atoms with van der Waals surface area (Å²) in [6.07, 6.45) is -0.169. The van der Waals surface area contributed by atoms with Crippen LogP contribution < -0.4 is 15.4 Å². The lowest BCUT2D eigenvalue weighted by atomic mass is 10.0. The Morgan fingerprint density at radius 1 is 1.07 bits per heavy atom. The molecule has 3 N–H and O–H groups in total. The maximum atomic E-state index is 13.6. The van der Waals surface area contributed by atoms with Crippen molar-refractivity contribution in [1.82, 2.24) is 15.0 Å². The van der Waals surface area contributed by atoms with Crippen LogP contribution in [0, 0.1) is 19.8 Å². The fourth-order valence-corrected chi connectivity index (χ4v) is 5.78. The Kier molecular flexibility index (Phi) is 10.4. The zero-order chi connectivity index (χ0) is 32.8. The van der Waals surface area contributed by atoms with Crippen LogP contribution in [0.4, 0.5) is 16.2 Å². The molecular formula is C36H43N5O5. The number of likely N-dealkylation sites (N-methyl/N-ethyl adjacent to an activating group) is 1. The summed E-state index contributed by atoms with van der Waals surface area (Å²) in [6.45, 7) is 9.06. The number of aryl methyl sites for hydroxylation is 2. The van der Waals surface area contributed by atoms with Crippen molar-refractivity contribution < 1.29 is 24.0 Å². The van der Waals surface area contributed by atoms with Gasteiger partial charge in [-0.3, -0.25) is 9.69 Å². The predicted octanol–water partition coefficient (Wildman–Crippen LogP) is 5.88. The molecule has 1 aliphatic rings. The normalized spacial score (nSPS) is 17.4. The number of aromatic nitrogens is 1. The van der Waals surface area contributed by atoms with Crippen molar-refractivity contribution in [2.24, 2.45) is 5.92 Å². The summed E-state index contributed by atoms with van der Waals surface area (Å²) in [4.78, 5) is 30.3. The smallest absolute Gasteiger partial charge is 0.323 e. The minimum Gasteiger partial charge on any atom is -0.488 e. The van der Waals surface area contributed by atoms with Crippen LogP contribution in [0.2, 0.25) is 0 Å². The van der Waals surface area contributed by atoms with Crippen LogP contribution in [0.3, 0.4) is 0 Å². The van der Waals surface area contributed by atoms with E-state index in [9.17, 15) is 14.7 Å². The van der Waals surface area contributed by atoms with E-state index in [1.165, 1.54) is 16.7 Å². The molecule has 10 nitrogen and oxygen atoms in total. The summed E-state index contributed by atoms with van der Waals surface area (Å²) in [5.74, 6) is 0.975. The van der Waals surface area contributed by atoms with E-state index in [4.69, 9.17) is 9.26 Å². The zero-order valence-electron chi connectivity index (χ0n) is 27.1. The van der Waals surface area contributed by atoms with E-state index in [1.807, 2.05) is 25.1 Å². The average molecular weight is 626 g/mol. The highest BCUT2D eigenvalue weighted by molar-refractivity contribution is 6.00. The standard InChI is InChI=1S/C36H43N5O5/c1-23-19-41(24(2)22-42)34(43)18-30-17-31(37-36(44)38-35-25(3)39-46-26(35)4)15-16-32(30)45-33(23)21-40(5)20-27-11-13-29(14-12-27)28-9-7-6-8-10-28/h6-17,23-24,33,42H,18-22H2,1-5H3,(H2,37,38,44)/t23-,24-,33+/m0/s1. The number of anilines is 2. The van der Waals surface area contributed by atoms with E-state index in [1.54, 1.807) is 36.9 Å². The maximum absolute atomic E-state index is 13.6. The number of aliphatic hydroxyl groups is 1. The Morgan fingerprint density at radius 2 is 1.78 bits per heavy atom. The highest BCUT2D eigenvalue weighted by Crippen LogP contribution is 2.30. The van der Waals surface area contributed by atoms with Gasteiger partial charge in [0.25, 0.3) is 0 Å². The molecule has 4 aromatic rings. The first kappa shape index (κ1) is 32.7. The molecule has 0 aliphatic carbocycles. The lowest BCUT2D eigenvalue weighted by molar-refractivity contribution is -0.134. The highest BCUT2D eigenvalue weighted by Gasteiger charge is 2.31. The molecule has 0 spiro atoms. The molecule has 0 saturated heterocycles. The van der Waals surface area contributed by atoms with Crippen LogP contribution in [0.25, 0.3) is 11.1 Å². The van der Waals surface area contributed by atoms with E-state index in [0.29, 0.717) is 47.2 Å². The van der Waals surface area contributed by atoms with E-state index >= 15 is 0 Å². The van der Waals surface area contributed by atoms with Crippen molar-refractivity contribution in [2.75, 3.05) is 37.4 Å². The van der Waals surface area contributed by atoms with Gasteiger partial charge in [-0.1, -0.05) is 66.7 Å². The number of nitrogens with zero attached hydrogens (tertiary/aromatic N) is 3. The van der Waals surface area contributed by atoms with Gasteiger partial charge in [-0.2, -0.15) is 0 Å². The van der Waals surface area contributed by atoms with E-state index in [2.05, 4.69) is 71.1 Å². The zero-order valence-corrected chi connectivity index (χ0v) is 27.1. The molecule has 3 atom stereocenters. The number of urea groups is 1. The molecule has 0 unspecified atom stereocenters. The Labute approximate surface area is 270 Å². The van der Waals surface area contributed by atoms with Crippen molar-refractivity contribution in [3.05, 3.63) is 95.4 Å². The Hall–Kier alpha value is -4.67. The fraction of sp³-hybridized carbons (Fsp3) is 0.361. The van der Waals surface area contributed by atoms with Gasteiger partial charge in [0.15, 0.2) is 5.76 Å². The molecule has 1 aliphatic heterocycles. The van der Waals surface area contributed by atoms with Gasteiger partial charge in [-0.15, -0.1) is 0 Å². The van der Waals surface area contributed by atoms with Crippen LogP contribution in [0.15, 0.2) is 77.3 Å². The third kappa shape index (κ3) is 7.94. The summed E-state index contributed by atoms with van der Waals surface area (Å²) >= 11 is 0. The quantitative estimate of drug-likeness (QED) is 0.212. The van der Waals surface area contributed by atoms with Gasteiger partial charge >= 0.3 is 6.03 Å². The van der Waals surface area contributed by atoms with Crippen LogP contribution in [-0.4, -0.2) is 70.9 Å². The fourth-order valence-electron chi connectivity index (χ4n) is 5.78. The van der Waals surface area contributed by atoms with Gasteiger partial charge in [0.2, 0.25) is 5.91 Å². The SMILES string of the molecule is Cc1noc(C)c1NC(=O)Nc1ccc2c(c1)CC(=O)N([C@@H](C)CO)C[C@H](C)[C@@H](CN(C)Cc1ccc(-c3ccccc3)cc1)O2. The second kappa shape index (κ2) is 14.6. The minimum atomic E-state index is -0.454. The average Bonchev–Trinajstić information content (AvgIpc) is 3.38. The van der Waals surface area contributed by atoms with E-state index < -0.39 is 6.03 Å². The van der Waals surface area contributed by atoms with Gasteiger partial charge in [-0.05, 0) is 62.7 Å². The summed E-state index contributed by atoms with van der Waals surface area (Å²) in [6, 6.07) is 23.5. The van der Waals surface area contributed by atoms with Crippen molar-refractivity contribution in [3.8, 4) is 16.9 Å². The van der Waals surface area contributed by atoms with Crippen molar-refractivity contribution in [3.63, 3.8) is 0 Å². The largest absolute Gasteiger partial charge is 0.488 e. The number of benzene rings is 3. The van der Waals surface area contributed by atoms with E-state index in [-0.39, 0.29) is 37.0 Å². The molecule has 3 amide bonds. The molecule has 3 aromatic carbocycles. The van der Waals surface area contributed by atoms with Crippen molar-refractivity contribution >= 4 is 23.3 Å². The topological polar surface area (TPSA) is 120 Å². The minimum absolute atomic E-state index is 0.0227. The number of ether oxygens (including phenoxy) is 1. The van der Waals surface area contributed by atoms with Crippen LogP contribution in [-0.2, 0) is 17.8 Å². The summed E-state index contributed by atoms with van der Waals surface area (Å²) in [7, 11) is 2.07. The highest BCUT2D eigenvalue weighted by atomic mass is 16.5. The number of fused-ring (bicyclic) bond motifs is 1. The van der Waals surface area contributed by atoms with Crippen LogP contribution >= 0.6 is 0 Å². The lowest BCUT2D eigenvalue weighted by Gasteiger charge is -2.34. The molecule has 0 fully saturated rings. The predicted molar refractivity (Wildman–Crippen MR) is 179 cm³/mol. The van der Waals surface area contributed by atoms with Gasteiger partial charge in [0, 0.05) is 36.8 Å². The van der Waals surface area contributed by atoms with Gasteiger partial charge in [0.05, 0.1) is 19.1 Å². The van der Waals surface area contributed by atoms with Gasteiger partial charge in [-0.25, -0.2) is 4.79 Å². The second-order valence-corrected chi connectivity index (χ2v) is 12.2. The first-order valence-corrected chi connectivity index (χ1v) is 15.6. The molecule has 1 aromatic heterocycles. The Morgan fingerprint density at radius 3 is 2.46 bits per heavy atom. The monoisotopic (exact) mass is 625 g/mol. The molecular weight excluding hydrogens is 582 g/mol. The first-order valence-electron chi connectivity index (χ1n) is 15.6. The van der Waals surface area contributed by atoms with Crippen molar-refractivity contribution in [2.45, 2.75) is 52.8 Å². The van der Waals surface area contributed by atoms with Crippen molar-refractivity contribution in [1.29, 1.82) is 0 Å². The third-order valence-electron chi connectivity index (χ3n) is 8.45. The molecule has 46 heavy (non-hydrogen) atoms. The number of rotatable bonds is 9. The summed E-state index contributed by atoms with van der Waals surface area (Å²) < 4.78 is 11.8. The van der Waals surface area contributed by atoms with Gasteiger partial charge < -0.3 is 29.9 Å². The lowest BCUT2D eigenvalue weighted by Crippen LogP contribution is -2.47. The number of hydrogen-bond acceptors (Lipinski definition) is 7. The molecule has 5 rings (SSSR count). The Balaban J connectivity index is 1.33. The van der Waals surface area contributed by atoms with Gasteiger partial charge in [0.1, 0.15) is 23.2 Å². The molecule has 0 bridgehead atoms. The molecule has 242 valence electrons. The molecule has 0 radical (unpaired) electrons. The summed E-state index contributed by atoms with van der Waals surface area (Å²) in [5.41, 5.74) is 5.82. The number of aliphatic hydroxyl groups excluding tert-OH is 1. The maximum Gasteiger partial charge on any atom is 0.323 e. The number of hydrogen-bond donors (Lipinski definition) is 3. The number of carbonyl (C=O) groups is 2. The Bertz CT molecular complexity index is 1620. The number of nitrogens with one attached hydrogen (secondary N) is 2. The molecule has 2 heterocycles. The number of carbonyl (C=O) groups excluding carboxylic acids is 2. The van der Waals surface area contributed by atoms with Crippen LogP contribution in [0.1, 0.15) is 36.4 Å². The summed E-state index contributed by atoms with van der Waals surface area (Å²) in [5, 5.41) is 19.5. The third-order valence-corrected chi connectivity index (χ3v) is 8.45.